The molecule has 152 valence electrons. The van der Waals surface area contributed by atoms with Crippen molar-refractivity contribution in [3.63, 3.8) is 0 Å². The Morgan fingerprint density at radius 3 is 2.72 bits per heavy atom. The number of hydrogen-bond acceptors (Lipinski definition) is 6. The van der Waals surface area contributed by atoms with Crippen molar-refractivity contribution in [1.82, 2.24) is 15.0 Å². The minimum Gasteiger partial charge on any atom is -0.368 e. The molecule has 3 heterocycles. The predicted octanol–water partition coefficient (Wildman–Crippen LogP) is 4.09. The quantitative estimate of drug-likeness (QED) is 0.613. The summed E-state index contributed by atoms with van der Waals surface area (Å²) < 4.78 is 5.31. The highest BCUT2D eigenvalue weighted by atomic mass is 32.1. The average molecular weight is 411 g/mol. The molecule has 0 unspecified atom stereocenters. The lowest BCUT2D eigenvalue weighted by molar-refractivity contribution is -0.131. The molecule has 2 aromatic heterocycles. The lowest BCUT2D eigenvalue weighted by Gasteiger charge is -2.37. The fraction of sp³-hybridized carbons (Fsp3) is 0.409. The van der Waals surface area contributed by atoms with Crippen LogP contribution in [0.2, 0.25) is 0 Å². The second kappa shape index (κ2) is 8.78. The zero-order valence-electron chi connectivity index (χ0n) is 16.9. The Bertz CT molecular complexity index is 959. The van der Waals surface area contributed by atoms with Gasteiger partial charge >= 0.3 is 0 Å². The summed E-state index contributed by atoms with van der Waals surface area (Å²) in [6.07, 6.45) is 1.87. The summed E-state index contributed by atoms with van der Waals surface area (Å²) in [6.45, 7) is 7.62. The van der Waals surface area contributed by atoms with Gasteiger partial charge in [0, 0.05) is 44.7 Å². The fourth-order valence-corrected chi connectivity index (χ4v) is 4.34. The topological polar surface area (TPSA) is 62.5 Å². The third kappa shape index (κ3) is 4.50. The van der Waals surface area contributed by atoms with Gasteiger partial charge < -0.3 is 14.3 Å². The van der Waals surface area contributed by atoms with Gasteiger partial charge in [0.1, 0.15) is 0 Å². The number of rotatable bonds is 6. The number of nitrogens with zero attached hydrogens (tertiary/aromatic N) is 4. The first kappa shape index (κ1) is 19.6. The van der Waals surface area contributed by atoms with Crippen LogP contribution < -0.4 is 4.90 Å². The Labute approximate surface area is 175 Å². The van der Waals surface area contributed by atoms with E-state index in [1.54, 1.807) is 11.3 Å². The van der Waals surface area contributed by atoms with E-state index >= 15 is 0 Å². The summed E-state index contributed by atoms with van der Waals surface area (Å²) in [5.41, 5.74) is 3.92. The molecule has 1 fully saturated rings. The van der Waals surface area contributed by atoms with Crippen LogP contribution in [0.4, 0.5) is 5.69 Å². The van der Waals surface area contributed by atoms with Crippen molar-refractivity contribution in [3.8, 4) is 10.7 Å². The highest BCUT2D eigenvalue weighted by Crippen LogP contribution is 2.24. The number of aromatic nitrogens is 2. The van der Waals surface area contributed by atoms with Gasteiger partial charge in [-0.2, -0.15) is 4.98 Å². The third-order valence-electron chi connectivity index (χ3n) is 5.54. The van der Waals surface area contributed by atoms with Gasteiger partial charge in [-0.05, 0) is 48.9 Å². The number of aryl methyl sites for hydroxylation is 2. The molecule has 1 aliphatic heterocycles. The van der Waals surface area contributed by atoms with E-state index in [4.69, 9.17) is 4.52 Å². The zero-order valence-corrected chi connectivity index (χ0v) is 17.7. The zero-order chi connectivity index (χ0) is 20.2. The maximum absolute atomic E-state index is 12.6. The number of carbonyl (C=O) groups excluding carboxylic acids is 1. The van der Waals surface area contributed by atoms with E-state index in [2.05, 4.69) is 47.1 Å². The minimum atomic E-state index is 0.212. The first-order valence-electron chi connectivity index (χ1n) is 10.1. The summed E-state index contributed by atoms with van der Waals surface area (Å²) in [4.78, 5) is 22.4. The summed E-state index contributed by atoms with van der Waals surface area (Å²) >= 11 is 1.59. The summed E-state index contributed by atoms with van der Waals surface area (Å²) in [6, 6.07) is 10.4. The van der Waals surface area contributed by atoms with Crippen molar-refractivity contribution in [2.45, 2.75) is 33.1 Å². The van der Waals surface area contributed by atoms with E-state index in [9.17, 15) is 4.79 Å². The molecular weight excluding hydrogens is 384 g/mol. The molecular formula is C22H26N4O2S. The number of amides is 1. The van der Waals surface area contributed by atoms with Crippen molar-refractivity contribution >= 4 is 22.9 Å². The van der Waals surface area contributed by atoms with Gasteiger partial charge in [-0.3, -0.25) is 4.79 Å². The molecule has 6 nitrogen and oxygen atoms in total. The normalized spacial score (nSPS) is 14.4. The first-order chi connectivity index (χ1) is 14.1. The van der Waals surface area contributed by atoms with Gasteiger partial charge in [-0.25, -0.2) is 0 Å². The van der Waals surface area contributed by atoms with Crippen molar-refractivity contribution in [3.05, 3.63) is 52.7 Å². The van der Waals surface area contributed by atoms with Gasteiger partial charge in [0.05, 0.1) is 4.88 Å². The molecule has 1 saturated heterocycles. The van der Waals surface area contributed by atoms with Gasteiger partial charge in [-0.15, -0.1) is 11.3 Å². The molecule has 29 heavy (non-hydrogen) atoms. The van der Waals surface area contributed by atoms with E-state index in [-0.39, 0.29) is 5.91 Å². The van der Waals surface area contributed by atoms with Crippen molar-refractivity contribution < 1.29 is 9.32 Å². The molecule has 0 saturated carbocycles. The molecule has 0 bridgehead atoms. The van der Waals surface area contributed by atoms with E-state index < -0.39 is 0 Å². The molecule has 0 radical (unpaired) electrons. The van der Waals surface area contributed by atoms with Crippen LogP contribution in [-0.2, 0) is 11.2 Å². The van der Waals surface area contributed by atoms with Crippen LogP contribution in [-0.4, -0.2) is 47.1 Å². The van der Waals surface area contributed by atoms with Crippen molar-refractivity contribution in [2.75, 3.05) is 31.1 Å². The Balaban J connectivity index is 1.24. The molecule has 4 rings (SSSR count). The third-order valence-corrected chi connectivity index (χ3v) is 6.41. The van der Waals surface area contributed by atoms with Gasteiger partial charge in [0.25, 0.3) is 0 Å². The largest absolute Gasteiger partial charge is 0.368 e. The SMILES string of the molecule is Cc1cccc(N2CCN(C(=O)CCCc3nc(-c4cccs4)no3)CC2)c1C. The Morgan fingerprint density at radius 2 is 1.97 bits per heavy atom. The summed E-state index contributed by atoms with van der Waals surface area (Å²) in [5, 5.41) is 6.01. The van der Waals surface area contributed by atoms with Crippen LogP contribution in [0, 0.1) is 13.8 Å². The molecule has 0 aliphatic carbocycles. The maximum atomic E-state index is 12.6. The first-order valence-corrected chi connectivity index (χ1v) is 10.9. The molecule has 0 N–H and O–H groups in total. The molecule has 0 spiro atoms. The van der Waals surface area contributed by atoms with Gasteiger partial charge in [-0.1, -0.05) is 23.4 Å². The van der Waals surface area contributed by atoms with Crippen LogP contribution in [0.1, 0.15) is 29.9 Å². The molecule has 1 aliphatic rings. The van der Waals surface area contributed by atoms with Crippen molar-refractivity contribution in [1.29, 1.82) is 0 Å². The Hall–Kier alpha value is -2.67. The number of piperazine rings is 1. The second-order valence-corrected chi connectivity index (χ2v) is 8.38. The molecule has 0 atom stereocenters. The number of anilines is 1. The summed E-state index contributed by atoms with van der Waals surface area (Å²) in [7, 11) is 0. The standard InChI is InChI=1S/C22H26N4O2S/c1-16-6-3-7-18(17(16)2)25-11-13-26(14-12-25)21(27)10-4-9-20-23-22(24-28-20)19-8-5-15-29-19/h3,5-8,15H,4,9-14H2,1-2H3. The summed E-state index contributed by atoms with van der Waals surface area (Å²) in [5.74, 6) is 1.44. The van der Waals surface area contributed by atoms with Crippen LogP contribution in [0.15, 0.2) is 40.2 Å². The van der Waals surface area contributed by atoms with E-state index in [1.165, 1.54) is 16.8 Å². The van der Waals surface area contributed by atoms with E-state index in [1.807, 2.05) is 22.4 Å². The number of benzene rings is 1. The number of carbonyl (C=O) groups is 1. The second-order valence-electron chi connectivity index (χ2n) is 7.43. The number of thiophene rings is 1. The molecule has 3 aromatic rings. The maximum Gasteiger partial charge on any atom is 0.226 e. The van der Waals surface area contributed by atoms with Gasteiger partial charge in [0.2, 0.25) is 17.6 Å². The fourth-order valence-electron chi connectivity index (χ4n) is 3.69. The lowest BCUT2D eigenvalue weighted by Crippen LogP contribution is -2.49. The Kier molecular flexibility index (Phi) is 5.94. The monoisotopic (exact) mass is 410 g/mol. The highest BCUT2D eigenvalue weighted by Gasteiger charge is 2.22. The molecule has 1 amide bonds. The number of hydrogen-bond donors (Lipinski definition) is 0. The minimum absolute atomic E-state index is 0.212. The predicted molar refractivity (Wildman–Crippen MR) is 115 cm³/mol. The van der Waals surface area contributed by atoms with Crippen LogP contribution >= 0.6 is 11.3 Å². The molecule has 7 heteroatoms. The van der Waals surface area contributed by atoms with Crippen molar-refractivity contribution in [2.24, 2.45) is 0 Å². The Morgan fingerprint density at radius 1 is 1.14 bits per heavy atom. The molecule has 1 aromatic carbocycles. The smallest absolute Gasteiger partial charge is 0.226 e. The average Bonchev–Trinajstić information content (AvgIpc) is 3.42. The van der Waals surface area contributed by atoms with Gasteiger partial charge in [0.15, 0.2) is 0 Å². The van der Waals surface area contributed by atoms with E-state index in [0.717, 1.165) is 37.5 Å². The van der Waals surface area contributed by atoms with Crippen LogP contribution in [0.3, 0.4) is 0 Å². The van der Waals surface area contributed by atoms with Crippen LogP contribution in [0.5, 0.6) is 0 Å². The van der Waals surface area contributed by atoms with Crippen LogP contribution in [0.25, 0.3) is 10.7 Å². The lowest BCUT2D eigenvalue weighted by atomic mass is 10.1. The van der Waals surface area contributed by atoms with E-state index in [0.29, 0.717) is 24.6 Å². The highest BCUT2D eigenvalue weighted by molar-refractivity contribution is 7.13.